The number of rotatable bonds is 4. The predicted octanol–water partition coefficient (Wildman–Crippen LogP) is 3.00. The summed E-state index contributed by atoms with van der Waals surface area (Å²) in [6.07, 6.45) is 4.79. The second kappa shape index (κ2) is 4.55. The highest BCUT2D eigenvalue weighted by Gasteiger charge is 2.46. The average molecular weight is 259 g/mol. The fourth-order valence-corrected chi connectivity index (χ4v) is 3.26. The Labute approximate surface area is 114 Å². The van der Waals surface area contributed by atoms with E-state index in [2.05, 4.69) is 30.0 Å². The number of fused-ring (bicyclic) bond motifs is 1. The normalized spacial score (nSPS) is 19.9. The summed E-state index contributed by atoms with van der Waals surface area (Å²) in [5, 5.41) is 9.03. The van der Waals surface area contributed by atoms with E-state index in [9.17, 15) is 4.79 Å². The molecule has 3 rings (SSSR count). The summed E-state index contributed by atoms with van der Waals surface area (Å²) in [4.78, 5) is 13.4. The van der Waals surface area contributed by atoms with Gasteiger partial charge >= 0.3 is 5.97 Å². The van der Waals surface area contributed by atoms with E-state index < -0.39 is 5.97 Å². The van der Waals surface area contributed by atoms with E-state index in [0.717, 1.165) is 32.4 Å². The number of benzene rings is 1. The summed E-state index contributed by atoms with van der Waals surface area (Å²) in [5.41, 5.74) is 4.11. The van der Waals surface area contributed by atoms with Crippen LogP contribution in [0.15, 0.2) is 18.2 Å². The molecule has 1 N–H and O–H groups in total. The van der Waals surface area contributed by atoms with Gasteiger partial charge in [0.2, 0.25) is 0 Å². The highest BCUT2D eigenvalue weighted by atomic mass is 16.4. The number of carbonyl (C=O) groups is 1. The van der Waals surface area contributed by atoms with Crippen molar-refractivity contribution < 1.29 is 9.90 Å². The summed E-state index contributed by atoms with van der Waals surface area (Å²) in [5.74, 6) is -0.654. The van der Waals surface area contributed by atoms with Crippen molar-refractivity contribution in [3.63, 3.8) is 0 Å². The third-order valence-corrected chi connectivity index (χ3v) is 4.46. The molecule has 102 valence electrons. The second-order valence-electron chi connectivity index (χ2n) is 6.23. The SMILES string of the molecule is Cc1ccc2c(c1)CCCN2CC1(CC(=O)O)CC1. The lowest BCUT2D eigenvalue weighted by atomic mass is 9.96. The lowest BCUT2D eigenvalue weighted by Gasteiger charge is -2.34. The van der Waals surface area contributed by atoms with Gasteiger partial charge in [0.1, 0.15) is 0 Å². The molecule has 2 aliphatic rings. The molecule has 1 aliphatic heterocycles. The zero-order chi connectivity index (χ0) is 13.5. The van der Waals surface area contributed by atoms with Crippen LogP contribution < -0.4 is 4.90 Å². The first kappa shape index (κ1) is 12.5. The zero-order valence-corrected chi connectivity index (χ0v) is 11.5. The molecule has 0 spiro atoms. The smallest absolute Gasteiger partial charge is 0.303 e. The van der Waals surface area contributed by atoms with Crippen LogP contribution in [0.2, 0.25) is 0 Å². The molecular weight excluding hydrogens is 238 g/mol. The second-order valence-corrected chi connectivity index (χ2v) is 6.23. The first-order valence-corrected chi connectivity index (χ1v) is 7.14. The maximum absolute atomic E-state index is 11.0. The van der Waals surface area contributed by atoms with E-state index in [4.69, 9.17) is 5.11 Å². The number of hydrogen-bond donors (Lipinski definition) is 1. The van der Waals surface area contributed by atoms with E-state index in [1.807, 2.05) is 0 Å². The summed E-state index contributed by atoms with van der Waals surface area (Å²) in [6, 6.07) is 6.65. The maximum atomic E-state index is 11.0. The Morgan fingerprint density at radius 3 is 2.89 bits per heavy atom. The molecule has 0 amide bonds. The minimum atomic E-state index is -0.654. The van der Waals surface area contributed by atoms with Crippen molar-refractivity contribution in [1.29, 1.82) is 0 Å². The predicted molar refractivity (Wildman–Crippen MR) is 75.6 cm³/mol. The lowest BCUT2D eigenvalue weighted by molar-refractivity contribution is -0.138. The number of carboxylic acids is 1. The van der Waals surface area contributed by atoms with Gasteiger partial charge in [-0.05, 0) is 49.7 Å². The largest absolute Gasteiger partial charge is 0.481 e. The first-order valence-electron chi connectivity index (χ1n) is 7.14. The molecule has 0 bridgehead atoms. The van der Waals surface area contributed by atoms with E-state index in [-0.39, 0.29) is 5.41 Å². The number of aliphatic carboxylic acids is 1. The molecule has 19 heavy (non-hydrogen) atoms. The number of nitrogens with zero attached hydrogens (tertiary/aromatic N) is 1. The Balaban J connectivity index is 1.79. The third kappa shape index (κ3) is 2.60. The molecular formula is C16H21NO2. The average Bonchev–Trinajstić information content (AvgIpc) is 3.07. The van der Waals surface area contributed by atoms with Crippen LogP contribution >= 0.6 is 0 Å². The van der Waals surface area contributed by atoms with Gasteiger partial charge in [0, 0.05) is 18.8 Å². The Hall–Kier alpha value is -1.51. The van der Waals surface area contributed by atoms with Crippen LogP contribution in [0.1, 0.15) is 36.8 Å². The molecule has 1 heterocycles. The van der Waals surface area contributed by atoms with Gasteiger partial charge in [-0.1, -0.05) is 17.7 Å². The van der Waals surface area contributed by atoms with Crippen LogP contribution in [0, 0.1) is 12.3 Å². The monoisotopic (exact) mass is 259 g/mol. The highest BCUT2D eigenvalue weighted by molar-refractivity contribution is 5.68. The van der Waals surface area contributed by atoms with Crippen molar-refractivity contribution in [3.8, 4) is 0 Å². The van der Waals surface area contributed by atoms with Gasteiger partial charge < -0.3 is 10.0 Å². The van der Waals surface area contributed by atoms with Crippen molar-refractivity contribution in [3.05, 3.63) is 29.3 Å². The standard InChI is InChI=1S/C16H21NO2/c1-12-4-5-14-13(9-12)3-2-8-17(14)11-16(6-7-16)10-15(18)19/h4-5,9H,2-3,6-8,10-11H2,1H3,(H,18,19). The van der Waals surface area contributed by atoms with Gasteiger partial charge in [0.25, 0.3) is 0 Å². The summed E-state index contributed by atoms with van der Waals surface area (Å²) in [7, 11) is 0. The summed E-state index contributed by atoms with van der Waals surface area (Å²) < 4.78 is 0. The molecule has 0 aromatic heterocycles. The maximum Gasteiger partial charge on any atom is 0.303 e. The summed E-state index contributed by atoms with van der Waals surface area (Å²) in [6.45, 7) is 4.11. The molecule has 1 saturated carbocycles. The molecule has 1 fully saturated rings. The molecule has 1 aromatic carbocycles. The number of anilines is 1. The fraction of sp³-hybridized carbons (Fsp3) is 0.562. The van der Waals surface area contributed by atoms with Crippen LogP contribution in [-0.2, 0) is 11.2 Å². The van der Waals surface area contributed by atoms with Crippen LogP contribution in [0.5, 0.6) is 0 Å². The van der Waals surface area contributed by atoms with Crippen LogP contribution in [0.4, 0.5) is 5.69 Å². The number of aryl methyl sites for hydroxylation is 2. The van der Waals surface area contributed by atoms with E-state index in [1.54, 1.807) is 0 Å². The van der Waals surface area contributed by atoms with Gasteiger partial charge in [0.05, 0.1) is 6.42 Å². The van der Waals surface area contributed by atoms with Crippen LogP contribution in [0.25, 0.3) is 0 Å². The van der Waals surface area contributed by atoms with E-state index in [1.165, 1.54) is 23.2 Å². The van der Waals surface area contributed by atoms with Crippen molar-refractivity contribution in [2.75, 3.05) is 18.0 Å². The Bertz CT molecular complexity index is 505. The van der Waals surface area contributed by atoms with Gasteiger partial charge in [-0.2, -0.15) is 0 Å². The quantitative estimate of drug-likeness (QED) is 0.903. The molecule has 1 aliphatic carbocycles. The topological polar surface area (TPSA) is 40.5 Å². The molecule has 3 heteroatoms. The summed E-state index contributed by atoms with van der Waals surface area (Å²) >= 11 is 0. The molecule has 0 radical (unpaired) electrons. The molecule has 0 unspecified atom stereocenters. The first-order chi connectivity index (χ1) is 9.08. The van der Waals surface area contributed by atoms with Crippen LogP contribution in [0.3, 0.4) is 0 Å². The zero-order valence-electron chi connectivity index (χ0n) is 11.5. The molecule has 3 nitrogen and oxygen atoms in total. The van der Waals surface area contributed by atoms with Gasteiger partial charge in [-0.15, -0.1) is 0 Å². The molecule has 0 saturated heterocycles. The van der Waals surface area contributed by atoms with E-state index in [0.29, 0.717) is 6.42 Å². The van der Waals surface area contributed by atoms with Crippen molar-refractivity contribution in [2.24, 2.45) is 5.41 Å². The van der Waals surface area contributed by atoms with Crippen molar-refractivity contribution >= 4 is 11.7 Å². The lowest BCUT2D eigenvalue weighted by Crippen LogP contribution is -2.35. The van der Waals surface area contributed by atoms with Crippen molar-refractivity contribution in [1.82, 2.24) is 0 Å². The number of carboxylic acid groups (broad SMARTS) is 1. The highest BCUT2D eigenvalue weighted by Crippen LogP contribution is 2.50. The third-order valence-electron chi connectivity index (χ3n) is 4.46. The Kier molecular flexibility index (Phi) is 3.00. The van der Waals surface area contributed by atoms with Gasteiger partial charge in [0.15, 0.2) is 0 Å². The fourth-order valence-electron chi connectivity index (χ4n) is 3.26. The van der Waals surface area contributed by atoms with Crippen molar-refractivity contribution in [2.45, 2.75) is 39.0 Å². The number of hydrogen-bond acceptors (Lipinski definition) is 2. The molecule has 0 atom stereocenters. The van der Waals surface area contributed by atoms with E-state index >= 15 is 0 Å². The Morgan fingerprint density at radius 1 is 1.42 bits per heavy atom. The Morgan fingerprint density at radius 2 is 2.21 bits per heavy atom. The molecule has 1 aromatic rings. The van der Waals surface area contributed by atoms with Gasteiger partial charge in [-0.3, -0.25) is 4.79 Å². The van der Waals surface area contributed by atoms with Gasteiger partial charge in [-0.25, -0.2) is 0 Å². The minimum absolute atomic E-state index is 0.0470. The van der Waals surface area contributed by atoms with Crippen LogP contribution in [-0.4, -0.2) is 24.2 Å². The minimum Gasteiger partial charge on any atom is -0.481 e.